The molecule has 4 nitrogen and oxygen atoms in total. The Morgan fingerprint density at radius 3 is 2.32 bits per heavy atom. The minimum absolute atomic E-state index is 0.545. The van der Waals surface area contributed by atoms with Crippen molar-refractivity contribution in [2.75, 3.05) is 0 Å². The molecule has 1 aromatic carbocycles. The normalized spacial score (nSPS) is 12.5. The molecule has 0 fully saturated rings. The van der Waals surface area contributed by atoms with Crippen molar-refractivity contribution >= 4 is 18.2 Å². The number of imidazole rings is 1. The quantitative estimate of drug-likeness (QED) is 0.731. The number of nitrogens with one attached hydrogen (secondary N) is 1. The van der Waals surface area contributed by atoms with Gasteiger partial charge in [0, 0.05) is 11.9 Å². The zero-order chi connectivity index (χ0) is 13.5. The number of aromatic amines is 1. The van der Waals surface area contributed by atoms with Crippen LogP contribution in [0.5, 0.6) is 0 Å². The van der Waals surface area contributed by atoms with E-state index in [2.05, 4.69) is 9.97 Å². The number of benzene rings is 1. The molecule has 0 saturated carbocycles. The lowest BCUT2D eigenvalue weighted by molar-refractivity contribution is 1.31. The van der Waals surface area contributed by atoms with Crippen molar-refractivity contribution in [3.05, 3.63) is 71.6 Å². The van der Waals surface area contributed by atoms with E-state index in [0.717, 1.165) is 16.8 Å². The highest BCUT2D eigenvalue weighted by Crippen LogP contribution is 2.10. The van der Waals surface area contributed by atoms with Crippen LogP contribution in [-0.4, -0.2) is 9.97 Å². The van der Waals surface area contributed by atoms with Gasteiger partial charge < -0.3 is 16.5 Å². The first-order valence-corrected chi connectivity index (χ1v) is 5.90. The third-order valence-electron chi connectivity index (χ3n) is 2.57. The van der Waals surface area contributed by atoms with Crippen molar-refractivity contribution in [2.45, 2.75) is 0 Å². The summed E-state index contributed by atoms with van der Waals surface area (Å²) in [6, 6.07) is 8.11. The minimum atomic E-state index is 0.545. The van der Waals surface area contributed by atoms with Crippen LogP contribution >= 0.6 is 0 Å². The molecule has 0 spiro atoms. The maximum atomic E-state index is 5.58. The van der Waals surface area contributed by atoms with Crippen molar-refractivity contribution in [1.82, 2.24) is 9.97 Å². The second-order valence-electron chi connectivity index (χ2n) is 4.01. The smallest absolute Gasteiger partial charge is 0.0924 e. The van der Waals surface area contributed by atoms with Gasteiger partial charge in [-0.1, -0.05) is 36.4 Å². The van der Waals surface area contributed by atoms with E-state index in [1.54, 1.807) is 18.6 Å². The highest BCUT2D eigenvalue weighted by Gasteiger charge is 1.90. The lowest BCUT2D eigenvalue weighted by atomic mass is 10.1. The fraction of sp³-hybridized carbons (Fsp3) is 0. The van der Waals surface area contributed by atoms with Crippen LogP contribution in [0.3, 0.4) is 0 Å². The first kappa shape index (κ1) is 12.7. The van der Waals surface area contributed by atoms with Crippen molar-refractivity contribution in [2.24, 2.45) is 11.5 Å². The fourth-order valence-electron chi connectivity index (χ4n) is 1.51. The van der Waals surface area contributed by atoms with Crippen LogP contribution in [-0.2, 0) is 0 Å². The Bertz CT molecular complexity index is 590. The molecule has 19 heavy (non-hydrogen) atoms. The van der Waals surface area contributed by atoms with Gasteiger partial charge in [-0.3, -0.25) is 0 Å². The van der Waals surface area contributed by atoms with Crippen molar-refractivity contribution in [3.8, 4) is 0 Å². The summed E-state index contributed by atoms with van der Waals surface area (Å²) in [5.41, 5.74) is 14.6. The molecule has 0 radical (unpaired) electrons. The van der Waals surface area contributed by atoms with E-state index in [9.17, 15) is 0 Å². The molecule has 2 rings (SSSR count). The van der Waals surface area contributed by atoms with Gasteiger partial charge in [0.25, 0.3) is 0 Å². The summed E-state index contributed by atoms with van der Waals surface area (Å²) in [5.74, 6) is 0. The zero-order valence-corrected chi connectivity index (χ0v) is 10.5. The number of nitrogens with two attached hydrogens (primary N) is 2. The molecule has 1 heterocycles. The molecule has 96 valence electrons. The molecule has 0 amide bonds. The predicted octanol–water partition coefficient (Wildman–Crippen LogP) is 2.35. The Hall–Kier alpha value is -2.75. The van der Waals surface area contributed by atoms with Crippen molar-refractivity contribution in [1.29, 1.82) is 0 Å². The molecule has 0 atom stereocenters. The SMILES string of the molecule is N/C=C(N)/C=C/c1ccc(/C=C/c2cnc[nH]2)cc1. The number of aromatic nitrogens is 2. The Morgan fingerprint density at radius 1 is 1.05 bits per heavy atom. The molecule has 2 aromatic rings. The lowest BCUT2D eigenvalue weighted by Gasteiger charge is -1.96. The molecule has 0 aliphatic heterocycles. The van der Waals surface area contributed by atoms with Crippen LogP contribution in [0, 0.1) is 0 Å². The average Bonchev–Trinajstić information content (AvgIpc) is 2.97. The van der Waals surface area contributed by atoms with Crippen LogP contribution < -0.4 is 11.5 Å². The predicted molar refractivity (Wildman–Crippen MR) is 79.4 cm³/mol. The van der Waals surface area contributed by atoms with E-state index < -0.39 is 0 Å². The molecule has 5 N–H and O–H groups in total. The lowest BCUT2D eigenvalue weighted by Crippen LogP contribution is -1.96. The summed E-state index contributed by atoms with van der Waals surface area (Å²) in [5, 5.41) is 0. The number of rotatable bonds is 4. The summed E-state index contributed by atoms with van der Waals surface area (Å²) < 4.78 is 0. The Morgan fingerprint density at radius 2 is 1.74 bits per heavy atom. The largest absolute Gasteiger partial charge is 0.403 e. The van der Waals surface area contributed by atoms with E-state index >= 15 is 0 Å². The van der Waals surface area contributed by atoms with Gasteiger partial charge in [-0.15, -0.1) is 0 Å². The van der Waals surface area contributed by atoms with Gasteiger partial charge in [0.15, 0.2) is 0 Å². The van der Waals surface area contributed by atoms with E-state index in [1.165, 1.54) is 6.20 Å². The van der Waals surface area contributed by atoms with E-state index in [1.807, 2.05) is 42.5 Å². The van der Waals surface area contributed by atoms with Crippen LogP contribution in [0.2, 0.25) is 0 Å². The maximum Gasteiger partial charge on any atom is 0.0924 e. The summed E-state index contributed by atoms with van der Waals surface area (Å²) in [6.07, 6.45) is 12.5. The third kappa shape index (κ3) is 3.89. The Kier molecular flexibility index (Phi) is 4.18. The first-order valence-electron chi connectivity index (χ1n) is 5.90. The Labute approximate surface area is 112 Å². The molecular formula is C15H16N4. The maximum absolute atomic E-state index is 5.58. The molecule has 0 saturated heterocycles. The standard InChI is InChI=1S/C15H16N4/c16-9-14(17)7-5-12-1-3-13(4-2-12)6-8-15-10-18-11-19-15/h1-11H,16-17H2,(H,18,19)/b7-5+,8-6+,14-9-. The summed E-state index contributed by atoms with van der Waals surface area (Å²) in [4.78, 5) is 6.97. The molecule has 0 bridgehead atoms. The highest BCUT2D eigenvalue weighted by atomic mass is 14.8. The summed E-state index contributed by atoms with van der Waals surface area (Å²) in [7, 11) is 0. The van der Waals surface area contributed by atoms with Gasteiger partial charge in [0.1, 0.15) is 0 Å². The van der Waals surface area contributed by atoms with Gasteiger partial charge in [-0.2, -0.15) is 0 Å². The van der Waals surface area contributed by atoms with Crippen molar-refractivity contribution in [3.63, 3.8) is 0 Å². The molecule has 0 aliphatic carbocycles. The van der Waals surface area contributed by atoms with Crippen LogP contribution in [0.4, 0.5) is 0 Å². The van der Waals surface area contributed by atoms with Gasteiger partial charge in [0.2, 0.25) is 0 Å². The van der Waals surface area contributed by atoms with Gasteiger partial charge in [0.05, 0.1) is 18.2 Å². The summed E-state index contributed by atoms with van der Waals surface area (Å²) >= 11 is 0. The molecule has 0 aliphatic rings. The fourth-order valence-corrected chi connectivity index (χ4v) is 1.51. The van der Waals surface area contributed by atoms with E-state index in [0.29, 0.717) is 5.70 Å². The topological polar surface area (TPSA) is 80.7 Å². The molecule has 4 heteroatoms. The number of hydrogen-bond acceptors (Lipinski definition) is 3. The van der Waals surface area contributed by atoms with Crippen molar-refractivity contribution < 1.29 is 0 Å². The van der Waals surface area contributed by atoms with Gasteiger partial charge in [-0.25, -0.2) is 4.98 Å². The van der Waals surface area contributed by atoms with E-state index in [-0.39, 0.29) is 0 Å². The van der Waals surface area contributed by atoms with Gasteiger partial charge in [-0.05, 0) is 23.3 Å². The minimum Gasteiger partial charge on any atom is -0.403 e. The first-order chi connectivity index (χ1) is 9.28. The summed E-state index contributed by atoms with van der Waals surface area (Å²) in [6.45, 7) is 0. The average molecular weight is 252 g/mol. The molecule has 1 aromatic heterocycles. The number of allylic oxidation sites excluding steroid dienone is 1. The second-order valence-corrected chi connectivity index (χ2v) is 4.01. The number of nitrogens with zero attached hydrogens (tertiary/aromatic N) is 1. The monoisotopic (exact) mass is 252 g/mol. The number of hydrogen-bond donors (Lipinski definition) is 3. The van der Waals surface area contributed by atoms with E-state index in [4.69, 9.17) is 11.5 Å². The zero-order valence-electron chi connectivity index (χ0n) is 10.5. The number of H-pyrrole nitrogens is 1. The highest BCUT2D eigenvalue weighted by molar-refractivity contribution is 5.68. The Balaban J connectivity index is 2.04. The second kappa shape index (κ2) is 6.26. The van der Waals surface area contributed by atoms with Crippen LogP contribution in [0.1, 0.15) is 16.8 Å². The third-order valence-corrected chi connectivity index (χ3v) is 2.57. The van der Waals surface area contributed by atoms with Crippen LogP contribution in [0.25, 0.3) is 18.2 Å². The molecule has 0 unspecified atom stereocenters. The van der Waals surface area contributed by atoms with Gasteiger partial charge >= 0.3 is 0 Å². The molecular weight excluding hydrogens is 236 g/mol. The van der Waals surface area contributed by atoms with Crippen LogP contribution in [0.15, 0.2) is 54.8 Å².